The summed E-state index contributed by atoms with van der Waals surface area (Å²) in [6.07, 6.45) is 1.61. The Hall–Kier alpha value is -4.06. The molecule has 0 N–H and O–H groups in total. The first kappa shape index (κ1) is 21.2. The summed E-state index contributed by atoms with van der Waals surface area (Å²) in [4.78, 5) is 25.5. The molecule has 3 aromatic carbocycles. The standard InChI is InChI=1S/C26H22O6/c1-15-7-5-9-18(11-15)26(28)31-19-12-16(2)23-21(14-19)32-22(24(23)27)13-17-8-6-10-20(29-3)25(17)30-4/h5-14H,1-4H3/b22-13-. The van der Waals surface area contributed by atoms with Crippen molar-refractivity contribution in [3.05, 3.63) is 88.2 Å². The molecule has 0 bridgehead atoms. The molecule has 162 valence electrons. The number of hydrogen-bond acceptors (Lipinski definition) is 6. The fourth-order valence-corrected chi connectivity index (χ4v) is 3.64. The molecule has 0 aliphatic carbocycles. The van der Waals surface area contributed by atoms with Gasteiger partial charge in [-0.15, -0.1) is 0 Å². The second-order valence-electron chi connectivity index (χ2n) is 7.39. The highest BCUT2D eigenvalue weighted by atomic mass is 16.5. The van der Waals surface area contributed by atoms with Gasteiger partial charge >= 0.3 is 5.97 Å². The molecule has 0 amide bonds. The van der Waals surface area contributed by atoms with Crippen LogP contribution in [0.3, 0.4) is 0 Å². The monoisotopic (exact) mass is 430 g/mol. The van der Waals surface area contributed by atoms with Gasteiger partial charge in [0.25, 0.3) is 0 Å². The summed E-state index contributed by atoms with van der Waals surface area (Å²) < 4.78 is 22.1. The third-order valence-electron chi connectivity index (χ3n) is 5.13. The van der Waals surface area contributed by atoms with Crippen LogP contribution in [0.15, 0.2) is 60.4 Å². The van der Waals surface area contributed by atoms with E-state index in [1.165, 1.54) is 7.11 Å². The SMILES string of the molecule is COc1cccc(/C=C2\Oc3cc(OC(=O)c4cccc(C)c4)cc(C)c3C2=O)c1OC. The van der Waals surface area contributed by atoms with Crippen molar-refractivity contribution in [2.75, 3.05) is 14.2 Å². The lowest BCUT2D eigenvalue weighted by Gasteiger charge is -2.10. The van der Waals surface area contributed by atoms with Crippen molar-refractivity contribution in [3.8, 4) is 23.0 Å². The van der Waals surface area contributed by atoms with Gasteiger partial charge in [-0.05, 0) is 49.8 Å². The van der Waals surface area contributed by atoms with Crippen molar-refractivity contribution in [2.45, 2.75) is 13.8 Å². The molecule has 0 saturated heterocycles. The number of carbonyl (C=O) groups excluding carboxylic acids is 2. The van der Waals surface area contributed by atoms with Crippen LogP contribution in [0.5, 0.6) is 23.0 Å². The number of allylic oxidation sites excluding steroid dienone is 1. The lowest BCUT2D eigenvalue weighted by Crippen LogP contribution is -2.09. The molecule has 0 fully saturated rings. The van der Waals surface area contributed by atoms with Crippen molar-refractivity contribution >= 4 is 17.8 Å². The maximum atomic E-state index is 13.0. The minimum atomic E-state index is -0.478. The van der Waals surface area contributed by atoms with E-state index in [4.69, 9.17) is 18.9 Å². The smallest absolute Gasteiger partial charge is 0.343 e. The molecule has 0 saturated carbocycles. The Morgan fingerprint density at radius 3 is 2.47 bits per heavy atom. The van der Waals surface area contributed by atoms with Crippen LogP contribution in [0.1, 0.15) is 37.4 Å². The Balaban J connectivity index is 1.64. The van der Waals surface area contributed by atoms with Gasteiger partial charge in [-0.3, -0.25) is 4.79 Å². The quantitative estimate of drug-likeness (QED) is 0.316. The normalized spacial score (nSPS) is 13.5. The number of hydrogen-bond donors (Lipinski definition) is 0. The van der Waals surface area contributed by atoms with Crippen LogP contribution in [0.25, 0.3) is 6.08 Å². The molecule has 0 spiro atoms. The van der Waals surface area contributed by atoms with Gasteiger partial charge in [-0.1, -0.05) is 29.8 Å². The predicted octanol–water partition coefficient (Wildman–Crippen LogP) is 5.16. The first-order valence-electron chi connectivity index (χ1n) is 10.00. The fourth-order valence-electron chi connectivity index (χ4n) is 3.64. The van der Waals surface area contributed by atoms with Gasteiger partial charge in [0, 0.05) is 11.6 Å². The van der Waals surface area contributed by atoms with Gasteiger partial charge < -0.3 is 18.9 Å². The van der Waals surface area contributed by atoms with Crippen LogP contribution in [-0.4, -0.2) is 26.0 Å². The summed E-state index contributed by atoms with van der Waals surface area (Å²) in [5, 5.41) is 0. The van der Waals surface area contributed by atoms with E-state index in [9.17, 15) is 9.59 Å². The molecule has 6 heteroatoms. The molecule has 1 aliphatic rings. The number of carbonyl (C=O) groups is 2. The minimum absolute atomic E-state index is 0.150. The molecular weight excluding hydrogens is 408 g/mol. The molecule has 6 nitrogen and oxygen atoms in total. The van der Waals surface area contributed by atoms with Gasteiger partial charge in [-0.2, -0.15) is 0 Å². The van der Waals surface area contributed by atoms with Crippen LogP contribution in [0, 0.1) is 13.8 Å². The van der Waals surface area contributed by atoms with E-state index < -0.39 is 5.97 Å². The average molecular weight is 430 g/mol. The van der Waals surface area contributed by atoms with Gasteiger partial charge in [0.2, 0.25) is 5.78 Å². The number of methoxy groups -OCH3 is 2. The molecule has 0 radical (unpaired) electrons. The number of para-hydroxylation sites is 1. The lowest BCUT2D eigenvalue weighted by atomic mass is 10.0. The number of rotatable bonds is 5. The van der Waals surface area contributed by atoms with Crippen molar-refractivity contribution in [1.82, 2.24) is 0 Å². The number of ketones is 1. The number of benzene rings is 3. The third kappa shape index (κ3) is 3.95. The highest BCUT2D eigenvalue weighted by Crippen LogP contribution is 2.39. The van der Waals surface area contributed by atoms with E-state index >= 15 is 0 Å². The number of ether oxygens (including phenoxy) is 4. The van der Waals surface area contributed by atoms with E-state index in [1.54, 1.807) is 68.6 Å². The van der Waals surface area contributed by atoms with Crippen molar-refractivity contribution in [2.24, 2.45) is 0 Å². The molecule has 3 aromatic rings. The third-order valence-corrected chi connectivity index (χ3v) is 5.13. The summed E-state index contributed by atoms with van der Waals surface area (Å²) in [5.74, 6) is 1.12. The summed E-state index contributed by atoms with van der Waals surface area (Å²) in [5.41, 5.74) is 3.15. The van der Waals surface area contributed by atoms with Gasteiger partial charge in [-0.25, -0.2) is 4.79 Å². The summed E-state index contributed by atoms with van der Waals surface area (Å²) in [6.45, 7) is 3.68. The predicted molar refractivity (Wildman–Crippen MR) is 120 cm³/mol. The van der Waals surface area contributed by atoms with Gasteiger partial charge in [0.05, 0.1) is 25.3 Å². The fraction of sp³-hybridized carbons (Fsp3) is 0.154. The highest BCUT2D eigenvalue weighted by molar-refractivity contribution is 6.15. The Bertz CT molecular complexity index is 1260. The minimum Gasteiger partial charge on any atom is -0.493 e. The van der Waals surface area contributed by atoms with Crippen molar-refractivity contribution < 1.29 is 28.5 Å². The van der Waals surface area contributed by atoms with Crippen LogP contribution < -0.4 is 18.9 Å². The zero-order valence-corrected chi connectivity index (χ0v) is 18.2. The van der Waals surface area contributed by atoms with E-state index in [0.29, 0.717) is 45.3 Å². The number of aryl methyl sites for hydroxylation is 2. The maximum Gasteiger partial charge on any atom is 0.343 e. The van der Waals surface area contributed by atoms with Crippen LogP contribution >= 0.6 is 0 Å². The molecular formula is C26H22O6. The van der Waals surface area contributed by atoms with Crippen LogP contribution in [0.2, 0.25) is 0 Å². The zero-order valence-electron chi connectivity index (χ0n) is 18.2. The van der Waals surface area contributed by atoms with Crippen LogP contribution in [-0.2, 0) is 0 Å². The molecule has 1 aliphatic heterocycles. The molecule has 1 heterocycles. The van der Waals surface area contributed by atoms with Gasteiger partial charge in [0.1, 0.15) is 11.5 Å². The zero-order chi connectivity index (χ0) is 22.8. The molecule has 32 heavy (non-hydrogen) atoms. The lowest BCUT2D eigenvalue weighted by molar-refractivity contribution is 0.0734. The first-order chi connectivity index (χ1) is 15.4. The Labute approximate surface area is 186 Å². The van der Waals surface area contributed by atoms with E-state index in [2.05, 4.69) is 0 Å². The number of Topliss-reactive ketones (excluding diaryl/α,β-unsaturated/α-hetero) is 1. The van der Waals surface area contributed by atoms with E-state index in [0.717, 1.165) is 5.56 Å². The summed E-state index contributed by atoms with van der Waals surface area (Å²) in [7, 11) is 3.08. The van der Waals surface area contributed by atoms with Crippen molar-refractivity contribution in [3.63, 3.8) is 0 Å². The second-order valence-corrected chi connectivity index (χ2v) is 7.39. The molecule has 0 unspecified atom stereocenters. The molecule has 0 atom stereocenters. The second kappa shape index (κ2) is 8.59. The molecule has 0 aromatic heterocycles. The first-order valence-corrected chi connectivity index (χ1v) is 10.00. The highest BCUT2D eigenvalue weighted by Gasteiger charge is 2.31. The van der Waals surface area contributed by atoms with Gasteiger partial charge in [0.15, 0.2) is 17.3 Å². The van der Waals surface area contributed by atoms with Crippen molar-refractivity contribution in [1.29, 1.82) is 0 Å². The Kier molecular flexibility index (Phi) is 5.69. The number of esters is 1. The Morgan fingerprint density at radius 1 is 0.969 bits per heavy atom. The number of fused-ring (bicyclic) bond motifs is 1. The maximum absolute atomic E-state index is 13.0. The van der Waals surface area contributed by atoms with E-state index in [1.807, 2.05) is 13.0 Å². The largest absolute Gasteiger partial charge is 0.493 e. The summed E-state index contributed by atoms with van der Waals surface area (Å²) in [6, 6.07) is 15.7. The Morgan fingerprint density at radius 2 is 1.75 bits per heavy atom. The average Bonchev–Trinajstić information content (AvgIpc) is 3.08. The van der Waals surface area contributed by atoms with Crippen LogP contribution in [0.4, 0.5) is 0 Å². The molecule has 4 rings (SSSR count). The topological polar surface area (TPSA) is 71.1 Å². The summed E-state index contributed by atoms with van der Waals surface area (Å²) >= 11 is 0. The van der Waals surface area contributed by atoms with E-state index in [-0.39, 0.29) is 11.5 Å².